The first-order valence-corrected chi connectivity index (χ1v) is 6.75. The van der Waals surface area contributed by atoms with Crippen molar-refractivity contribution in [3.8, 4) is 12.1 Å². The van der Waals surface area contributed by atoms with E-state index < -0.39 is 17.6 Å². The lowest BCUT2D eigenvalue weighted by atomic mass is 10.1. The van der Waals surface area contributed by atoms with Gasteiger partial charge < -0.3 is 5.11 Å². The minimum absolute atomic E-state index is 0.380. The first-order valence-electron chi connectivity index (χ1n) is 6.75. The van der Waals surface area contributed by atoms with Crippen LogP contribution in [0.15, 0.2) is 48.5 Å². The lowest BCUT2D eigenvalue weighted by Gasteiger charge is -2.05. The number of nitrogens with zero attached hydrogens (tertiary/aromatic N) is 3. The summed E-state index contributed by atoms with van der Waals surface area (Å²) in [7, 11) is 0. The summed E-state index contributed by atoms with van der Waals surface area (Å²) in [6.45, 7) is -0.547. The summed E-state index contributed by atoms with van der Waals surface area (Å²) in [5, 5.41) is 36.4. The van der Waals surface area contributed by atoms with E-state index in [0.29, 0.717) is 22.3 Å². The average molecular weight is 323 g/mol. The fourth-order valence-electron chi connectivity index (χ4n) is 1.74. The van der Waals surface area contributed by atoms with Gasteiger partial charge in [0, 0.05) is 10.5 Å². The SMILES string of the molecule is N#Cc1cccc(C(O)C[N+](=O)[O-])c1.N#Cc1cccc(C=O)c1. The third kappa shape index (κ3) is 6.06. The number of aliphatic hydroxyl groups excluding tert-OH is 1. The van der Waals surface area contributed by atoms with Gasteiger partial charge >= 0.3 is 0 Å². The molecule has 0 aliphatic heterocycles. The molecule has 7 heteroatoms. The topological polar surface area (TPSA) is 128 Å². The van der Waals surface area contributed by atoms with E-state index in [1.165, 1.54) is 6.07 Å². The highest BCUT2D eigenvalue weighted by atomic mass is 16.6. The molecule has 1 atom stereocenters. The van der Waals surface area contributed by atoms with E-state index >= 15 is 0 Å². The van der Waals surface area contributed by atoms with E-state index in [1.807, 2.05) is 12.1 Å². The van der Waals surface area contributed by atoms with Crippen molar-refractivity contribution in [2.45, 2.75) is 6.10 Å². The van der Waals surface area contributed by atoms with Crippen molar-refractivity contribution in [1.82, 2.24) is 0 Å². The Morgan fingerprint density at radius 3 is 2.25 bits per heavy atom. The minimum atomic E-state index is -1.15. The fraction of sp³-hybridized carbons (Fsp3) is 0.118. The van der Waals surface area contributed by atoms with Crippen molar-refractivity contribution in [3.05, 3.63) is 80.9 Å². The zero-order valence-corrected chi connectivity index (χ0v) is 12.5. The van der Waals surface area contributed by atoms with E-state index in [4.69, 9.17) is 10.5 Å². The van der Waals surface area contributed by atoms with E-state index in [9.17, 15) is 20.0 Å². The zero-order chi connectivity index (χ0) is 17.9. The van der Waals surface area contributed by atoms with Crippen LogP contribution in [0.2, 0.25) is 0 Å². The fourth-order valence-corrected chi connectivity index (χ4v) is 1.74. The molecule has 7 nitrogen and oxygen atoms in total. The molecule has 0 saturated heterocycles. The number of carbonyl (C=O) groups is 1. The summed E-state index contributed by atoms with van der Waals surface area (Å²) in [5.74, 6) is 0. The van der Waals surface area contributed by atoms with Crippen LogP contribution in [0.4, 0.5) is 0 Å². The third-order valence-electron chi connectivity index (χ3n) is 2.87. The predicted octanol–water partition coefficient (Wildman–Crippen LogP) is 2.24. The normalized spacial score (nSPS) is 10.3. The van der Waals surface area contributed by atoms with Crippen LogP contribution < -0.4 is 0 Å². The van der Waals surface area contributed by atoms with Gasteiger partial charge in [0.05, 0.1) is 23.3 Å². The van der Waals surface area contributed by atoms with Crippen molar-refractivity contribution in [2.24, 2.45) is 0 Å². The van der Waals surface area contributed by atoms with E-state index in [1.54, 1.807) is 42.5 Å². The second-order valence-corrected chi connectivity index (χ2v) is 4.62. The molecule has 0 amide bonds. The van der Waals surface area contributed by atoms with Crippen LogP contribution in [-0.2, 0) is 0 Å². The quantitative estimate of drug-likeness (QED) is 0.522. The van der Waals surface area contributed by atoms with Crippen molar-refractivity contribution < 1.29 is 14.8 Å². The highest BCUT2D eigenvalue weighted by Gasteiger charge is 2.13. The van der Waals surface area contributed by atoms with Crippen LogP contribution in [0.1, 0.15) is 33.2 Å². The molecule has 2 rings (SSSR count). The standard InChI is InChI=1S/C9H8N2O3.C8H5NO/c10-5-7-2-1-3-8(4-7)9(12)6-11(13)14;9-5-7-2-1-3-8(4-7)6-10/h1-4,9,12H,6H2;1-4,6H. The van der Waals surface area contributed by atoms with Gasteiger partial charge in [0.15, 0.2) is 0 Å². The number of nitriles is 2. The van der Waals surface area contributed by atoms with Crippen molar-refractivity contribution in [1.29, 1.82) is 10.5 Å². The molecular formula is C17H13N3O4. The second-order valence-electron chi connectivity index (χ2n) is 4.62. The Labute approximate surface area is 138 Å². The van der Waals surface area contributed by atoms with Gasteiger partial charge in [0.25, 0.3) is 0 Å². The van der Waals surface area contributed by atoms with E-state index in [2.05, 4.69) is 0 Å². The number of hydrogen-bond acceptors (Lipinski definition) is 6. The molecular weight excluding hydrogens is 310 g/mol. The van der Waals surface area contributed by atoms with Gasteiger partial charge in [0.2, 0.25) is 6.54 Å². The number of rotatable bonds is 4. The lowest BCUT2D eigenvalue weighted by Crippen LogP contribution is -2.11. The molecule has 0 bridgehead atoms. The molecule has 0 fully saturated rings. The Morgan fingerprint density at radius 1 is 1.12 bits per heavy atom. The van der Waals surface area contributed by atoms with Crippen LogP contribution >= 0.6 is 0 Å². The molecule has 2 aromatic rings. The summed E-state index contributed by atoms with van der Waals surface area (Å²) < 4.78 is 0. The highest BCUT2D eigenvalue weighted by molar-refractivity contribution is 5.75. The number of nitro groups is 1. The highest BCUT2D eigenvalue weighted by Crippen LogP contribution is 2.14. The minimum Gasteiger partial charge on any atom is -0.382 e. The molecule has 0 aliphatic rings. The Balaban J connectivity index is 0.000000254. The maximum absolute atomic E-state index is 10.2. The molecule has 2 aromatic carbocycles. The molecule has 1 unspecified atom stereocenters. The number of carbonyl (C=O) groups excluding carboxylic acids is 1. The van der Waals surface area contributed by atoms with Crippen LogP contribution in [-0.4, -0.2) is 22.9 Å². The molecule has 1 N–H and O–H groups in total. The first kappa shape index (κ1) is 18.5. The van der Waals surface area contributed by atoms with Crippen LogP contribution in [0.3, 0.4) is 0 Å². The zero-order valence-electron chi connectivity index (χ0n) is 12.5. The van der Waals surface area contributed by atoms with Gasteiger partial charge in [-0.2, -0.15) is 10.5 Å². The molecule has 0 aromatic heterocycles. The van der Waals surface area contributed by atoms with Gasteiger partial charge in [0.1, 0.15) is 12.4 Å². The Hall–Kier alpha value is -3.55. The summed E-state index contributed by atoms with van der Waals surface area (Å²) in [6, 6.07) is 16.5. The maximum atomic E-state index is 10.2. The smallest absolute Gasteiger partial charge is 0.233 e. The average Bonchev–Trinajstić information content (AvgIpc) is 2.61. The van der Waals surface area contributed by atoms with Crippen LogP contribution in [0.5, 0.6) is 0 Å². The van der Waals surface area contributed by atoms with E-state index in [0.717, 1.165) is 6.29 Å². The lowest BCUT2D eigenvalue weighted by molar-refractivity contribution is -0.491. The number of hydrogen-bond donors (Lipinski definition) is 1. The molecule has 0 spiro atoms. The second kappa shape index (κ2) is 9.46. The van der Waals surface area contributed by atoms with Gasteiger partial charge in [-0.15, -0.1) is 0 Å². The number of aldehydes is 1. The summed E-state index contributed by atoms with van der Waals surface area (Å²) in [5.41, 5.74) is 1.83. The predicted molar refractivity (Wildman–Crippen MR) is 84.5 cm³/mol. The molecule has 24 heavy (non-hydrogen) atoms. The van der Waals surface area contributed by atoms with E-state index in [-0.39, 0.29) is 0 Å². The molecule has 0 radical (unpaired) electrons. The van der Waals surface area contributed by atoms with Crippen molar-refractivity contribution >= 4 is 6.29 Å². The Morgan fingerprint density at radius 2 is 1.71 bits per heavy atom. The number of aliphatic hydroxyl groups is 1. The molecule has 0 saturated carbocycles. The number of benzene rings is 2. The first-order chi connectivity index (χ1) is 11.5. The van der Waals surface area contributed by atoms with Gasteiger partial charge in [-0.1, -0.05) is 24.3 Å². The molecule has 0 heterocycles. The molecule has 0 aliphatic carbocycles. The molecule has 120 valence electrons. The van der Waals surface area contributed by atoms with Crippen molar-refractivity contribution in [3.63, 3.8) is 0 Å². The maximum Gasteiger partial charge on any atom is 0.233 e. The van der Waals surface area contributed by atoms with Gasteiger partial charge in [-0.25, -0.2) is 0 Å². The summed E-state index contributed by atoms with van der Waals surface area (Å²) in [4.78, 5) is 19.7. The Kier molecular flexibility index (Phi) is 7.29. The largest absolute Gasteiger partial charge is 0.382 e. The van der Waals surface area contributed by atoms with Crippen molar-refractivity contribution in [2.75, 3.05) is 6.54 Å². The Bertz CT molecular complexity index is 806. The van der Waals surface area contributed by atoms with Gasteiger partial charge in [-0.3, -0.25) is 14.9 Å². The summed E-state index contributed by atoms with van der Waals surface area (Å²) in [6.07, 6.45) is -0.431. The monoisotopic (exact) mass is 323 g/mol. The van der Waals surface area contributed by atoms with Crippen LogP contribution in [0.25, 0.3) is 0 Å². The third-order valence-corrected chi connectivity index (χ3v) is 2.87. The summed E-state index contributed by atoms with van der Waals surface area (Å²) >= 11 is 0. The van der Waals surface area contributed by atoms with Gasteiger partial charge in [-0.05, 0) is 29.8 Å². The van der Waals surface area contributed by atoms with Crippen LogP contribution in [0, 0.1) is 32.8 Å².